The van der Waals surface area contributed by atoms with Crippen LogP contribution in [0.4, 0.5) is 0 Å². The number of carbonyl (C=O) groups excluding carboxylic acids is 1. The zero-order valence-electron chi connectivity index (χ0n) is 7.48. The van der Waals surface area contributed by atoms with Gasteiger partial charge in [-0.1, -0.05) is 12.2 Å². The van der Waals surface area contributed by atoms with Gasteiger partial charge in [-0.25, -0.2) is 0 Å². The molecule has 1 fully saturated rings. The molecule has 1 N–H and O–H groups in total. The zero-order valence-corrected chi connectivity index (χ0v) is 7.48. The van der Waals surface area contributed by atoms with Gasteiger partial charge >= 0.3 is 5.97 Å². The molecule has 3 heteroatoms. The molecule has 3 atom stereocenters. The number of carbonyl (C=O) groups is 1. The van der Waals surface area contributed by atoms with Crippen LogP contribution in [0.1, 0.15) is 12.8 Å². The maximum atomic E-state index is 11.4. The highest BCUT2D eigenvalue weighted by Gasteiger charge is 2.40. The minimum absolute atomic E-state index is 0.0570. The zero-order chi connectivity index (χ0) is 9.26. The highest BCUT2D eigenvalue weighted by atomic mass is 16.5. The Hall–Kier alpha value is -0.830. The van der Waals surface area contributed by atoms with Crippen LogP contribution in [0.5, 0.6) is 0 Å². The van der Waals surface area contributed by atoms with Gasteiger partial charge in [0, 0.05) is 0 Å². The van der Waals surface area contributed by atoms with Crippen LogP contribution >= 0.6 is 0 Å². The summed E-state index contributed by atoms with van der Waals surface area (Å²) in [5.41, 5.74) is 0. The lowest BCUT2D eigenvalue weighted by Gasteiger charge is -2.15. The molecule has 0 aromatic rings. The highest BCUT2D eigenvalue weighted by molar-refractivity contribution is 5.74. The molecule has 72 valence electrons. The molecule has 0 radical (unpaired) electrons. The van der Waals surface area contributed by atoms with E-state index in [0.717, 1.165) is 12.8 Å². The summed E-state index contributed by atoms with van der Waals surface area (Å²) in [5.74, 6) is 0.917. The molecule has 2 aliphatic carbocycles. The number of esters is 1. The van der Waals surface area contributed by atoms with Crippen molar-refractivity contribution in [2.24, 2.45) is 17.8 Å². The quantitative estimate of drug-likeness (QED) is 0.517. The monoisotopic (exact) mass is 182 g/mol. The van der Waals surface area contributed by atoms with E-state index in [1.807, 2.05) is 0 Å². The Labute approximate surface area is 77.4 Å². The van der Waals surface area contributed by atoms with Gasteiger partial charge < -0.3 is 9.84 Å². The topological polar surface area (TPSA) is 46.5 Å². The predicted molar refractivity (Wildman–Crippen MR) is 46.9 cm³/mol. The number of hydrogen-bond acceptors (Lipinski definition) is 3. The van der Waals surface area contributed by atoms with Crippen molar-refractivity contribution in [1.82, 2.24) is 0 Å². The number of fused-ring (bicyclic) bond motifs is 2. The van der Waals surface area contributed by atoms with E-state index in [1.54, 1.807) is 0 Å². The fourth-order valence-electron chi connectivity index (χ4n) is 2.31. The van der Waals surface area contributed by atoms with E-state index in [2.05, 4.69) is 12.2 Å². The minimum Gasteiger partial charge on any atom is -0.463 e. The number of aliphatic hydroxyl groups excluding tert-OH is 1. The van der Waals surface area contributed by atoms with Crippen molar-refractivity contribution in [3.63, 3.8) is 0 Å². The van der Waals surface area contributed by atoms with Crippen LogP contribution in [-0.4, -0.2) is 24.3 Å². The van der Waals surface area contributed by atoms with Crippen LogP contribution in [0.3, 0.4) is 0 Å². The number of ether oxygens (including phenoxy) is 1. The van der Waals surface area contributed by atoms with Crippen LogP contribution < -0.4 is 0 Å². The van der Waals surface area contributed by atoms with Gasteiger partial charge in [0.25, 0.3) is 0 Å². The molecular formula is C10H14O3. The Morgan fingerprint density at radius 2 is 2.31 bits per heavy atom. The van der Waals surface area contributed by atoms with E-state index >= 15 is 0 Å². The summed E-state index contributed by atoms with van der Waals surface area (Å²) in [5, 5.41) is 8.50. The smallest absolute Gasteiger partial charge is 0.309 e. The highest BCUT2D eigenvalue weighted by Crippen LogP contribution is 2.43. The average molecular weight is 182 g/mol. The lowest BCUT2D eigenvalue weighted by Crippen LogP contribution is -2.22. The van der Waals surface area contributed by atoms with Gasteiger partial charge in [-0.15, -0.1) is 0 Å². The van der Waals surface area contributed by atoms with Crippen LogP contribution in [0.15, 0.2) is 12.2 Å². The van der Waals surface area contributed by atoms with E-state index in [1.165, 1.54) is 0 Å². The van der Waals surface area contributed by atoms with Crippen molar-refractivity contribution in [1.29, 1.82) is 0 Å². The first-order chi connectivity index (χ1) is 6.31. The average Bonchev–Trinajstić information content (AvgIpc) is 2.74. The Kier molecular flexibility index (Phi) is 2.36. The van der Waals surface area contributed by atoms with Gasteiger partial charge in [-0.05, 0) is 24.7 Å². The first kappa shape index (κ1) is 8.75. The summed E-state index contributed by atoms with van der Waals surface area (Å²) in [4.78, 5) is 11.4. The number of rotatable bonds is 3. The largest absolute Gasteiger partial charge is 0.463 e. The molecule has 1 saturated carbocycles. The van der Waals surface area contributed by atoms with Crippen molar-refractivity contribution in [3.8, 4) is 0 Å². The first-order valence-electron chi connectivity index (χ1n) is 4.77. The van der Waals surface area contributed by atoms with Gasteiger partial charge in [0.15, 0.2) is 0 Å². The normalized spacial score (nSPS) is 35.3. The summed E-state index contributed by atoms with van der Waals surface area (Å²) in [6.45, 7) is 0.0544. The van der Waals surface area contributed by atoms with Crippen LogP contribution in [-0.2, 0) is 9.53 Å². The fourth-order valence-corrected chi connectivity index (χ4v) is 2.31. The summed E-state index contributed by atoms with van der Waals surface area (Å²) in [7, 11) is 0. The molecule has 3 nitrogen and oxygen atoms in total. The SMILES string of the molecule is O=C(OCCO)C1C[C@H]2C=C[C@@H]1C2. The van der Waals surface area contributed by atoms with E-state index in [0.29, 0.717) is 11.8 Å². The van der Waals surface area contributed by atoms with Crippen LogP contribution in [0.2, 0.25) is 0 Å². The Morgan fingerprint density at radius 1 is 1.46 bits per heavy atom. The number of allylic oxidation sites excluding steroid dienone is 2. The van der Waals surface area contributed by atoms with Crippen molar-refractivity contribution in [3.05, 3.63) is 12.2 Å². The molecule has 0 amide bonds. The third-order valence-corrected chi connectivity index (χ3v) is 2.92. The molecule has 0 aliphatic heterocycles. The van der Waals surface area contributed by atoms with Crippen molar-refractivity contribution in [2.75, 3.05) is 13.2 Å². The second-order valence-corrected chi connectivity index (χ2v) is 3.78. The molecule has 2 aliphatic rings. The van der Waals surface area contributed by atoms with E-state index < -0.39 is 0 Å². The van der Waals surface area contributed by atoms with Gasteiger partial charge in [0.05, 0.1) is 12.5 Å². The standard InChI is InChI=1S/C10H14O3/c11-3-4-13-10(12)9-6-7-1-2-8(9)5-7/h1-2,7-9,11H,3-6H2/t7-,8+,9?/m0/s1. The molecule has 0 aromatic carbocycles. The maximum Gasteiger partial charge on any atom is 0.309 e. The molecule has 2 bridgehead atoms. The molecule has 1 unspecified atom stereocenters. The second-order valence-electron chi connectivity index (χ2n) is 3.78. The molecule has 0 heterocycles. The van der Waals surface area contributed by atoms with E-state index in [9.17, 15) is 4.79 Å². The molecule has 0 aromatic heterocycles. The van der Waals surface area contributed by atoms with Crippen LogP contribution in [0.25, 0.3) is 0 Å². The molecule has 0 spiro atoms. The van der Waals surface area contributed by atoms with Crippen molar-refractivity contribution in [2.45, 2.75) is 12.8 Å². The Bertz CT molecular complexity index is 234. The first-order valence-corrected chi connectivity index (χ1v) is 4.77. The summed E-state index contributed by atoms with van der Waals surface area (Å²) < 4.78 is 4.90. The Morgan fingerprint density at radius 3 is 2.85 bits per heavy atom. The third kappa shape index (κ3) is 1.61. The van der Waals surface area contributed by atoms with Crippen molar-refractivity contribution < 1.29 is 14.6 Å². The van der Waals surface area contributed by atoms with Crippen molar-refractivity contribution >= 4 is 5.97 Å². The summed E-state index contributed by atoms with van der Waals surface area (Å²) in [6, 6.07) is 0. The number of hydrogen-bond donors (Lipinski definition) is 1. The van der Waals surface area contributed by atoms with Gasteiger partial charge in [0.1, 0.15) is 6.61 Å². The molecule has 13 heavy (non-hydrogen) atoms. The van der Waals surface area contributed by atoms with E-state index in [4.69, 9.17) is 9.84 Å². The predicted octanol–water partition coefficient (Wildman–Crippen LogP) is 0.734. The Balaban J connectivity index is 1.88. The fraction of sp³-hybridized carbons (Fsp3) is 0.700. The minimum atomic E-state index is -0.133. The van der Waals surface area contributed by atoms with E-state index in [-0.39, 0.29) is 25.1 Å². The molecule has 0 saturated heterocycles. The lowest BCUT2D eigenvalue weighted by molar-refractivity contribution is -0.150. The lowest BCUT2D eigenvalue weighted by atomic mass is 9.94. The molecule has 2 rings (SSSR count). The molecular weight excluding hydrogens is 168 g/mol. The maximum absolute atomic E-state index is 11.4. The van der Waals surface area contributed by atoms with Gasteiger partial charge in [-0.2, -0.15) is 0 Å². The second kappa shape index (κ2) is 3.50. The number of aliphatic hydroxyl groups is 1. The third-order valence-electron chi connectivity index (χ3n) is 2.92. The van der Waals surface area contributed by atoms with Crippen LogP contribution in [0, 0.1) is 17.8 Å². The summed E-state index contributed by atoms with van der Waals surface area (Å²) >= 11 is 0. The summed E-state index contributed by atoms with van der Waals surface area (Å²) in [6.07, 6.45) is 6.36. The van der Waals surface area contributed by atoms with Gasteiger partial charge in [-0.3, -0.25) is 4.79 Å². The van der Waals surface area contributed by atoms with Gasteiger partial charge in [0.2, 0.25) is 0 Å².